The summed E-state index contributed by atoms with van der Waals surface area (Å²) >= 11 is 0. The second kappa shape index (κ2) is 9.00. The van der Waals surface area contributed by atoms with Crippen LogP contribution in [0.2, 0.25) is 0 Å². The summed E-state index contributed by atoms with van der Waals surface area (Å²) in [5.74, 6) is 0.617. The SMILES string of the molecule is CCc1ccc2c(C[n+]3ccc(C(CC)CC)cc3)cc(=O)oc2c1.[Cl-]. The maximum atomic E-state index is 11.9. The van der Waals surface area contributed by atoms with Crippen LogP contribution < -0.4 is 22.6 Å². The van der Waals surface area contributed by atoms with E-state index in [-0.39, 0.29) is 18.0 Å². The summed E-state index contributed by atoms with van der Waals surface area (Å²) in [6.45, 7) is 7.22. The lowest BCUT2D eigenvalue weighted by atomic mass is 9.95. The monoisotopic (exact) mass is 371 g/mol. The summed E-state index contributed by atoms with van der Waals surface area (Å²) in [4.78, 5) is 11.9. The molecular weight excluding hydrogens is 346 g/mol. The van der Waals surface area contributed by atoms with Crippen LogP contribution in [0.3, 0.4) is 0 Å². The molecule has 2 aromatic heterocycles. The van der Waals surface area contributed by atoms with E-state index in [2.05, 4.69) is 62.0 Å². The van der Waals surface area contributed by atoms with Crippen molar-refractivity contribution in [3.05, 3.63) is 75.9 Å². The number of aromatic nitrogens is 1. The van der Waals surface area contributed by atoms with Crippen molar-refractivity contribution < 1.29 is 21.4 Å². The van der Waals surface area contributed by atoms with Crippen LogP contribution in [-0.2, 0) is 13.0 Å². The molecule has 1 aromatic carbocycles. The first-order chi connectivity index (χ1) is 12.1. The topological polar surface area (TPSA) is 34.1 Å². The Hall–Kier alpha value is -2.13. The van der Waals surface area contributed by atoms with Crippen molar-refractivity contribution in [1.82, 2.24) is 0 Å². The first-order valence-corrected chi connectivity index (χ1v) is 9.19. The van der Waals surface area contributed by atoms with Gasteiger partial charge < -0.3 is 16.8 Å². The fourth-order valence-corrected chi connectivity index (χ4v) is 3.43. The zero-order valence-corrected chi connectivity index (χ0v) is 16.4. The highest BCUT2D eigenvalue weighted by molar-refractivity contribution is 5.80. The molecule has 0 aliphatic carbocycles. The van der Waals surface area contributed by atoms with Crippen LogP contribution in [0.5, 0.6) is 0 Å². The molecule has 2 heterocycles. The molecule has 0 spiro atoms. The quantitative estimate of drug-likeness (QED) is 0.487. The van der Waals surface area contributed by atoms with Gasteiger partial charge in [-0.05, 0) is 42.4 Å². The molecule has 0 bridgehead atoms. The second-order valence-corrected chi connectivity index (χ2v) is 6.59. The van der Waals surface area contributed by atoms with Gasteiger partial charge in [-0.2, -0.15) is 0 Å². The molecule has 0 fully saturated rings. The van der Waals surface area contributed by atoms with Gasteiger partial charge in [0, 0.05) is 29.1 Å². The zero-order valence-electron chi connectivity index (χ0n) is 15.7. The Morgan fingerprint density at radius 3 is 2.31 bits per heavy atom. The number of halogens is 1. The molecule has 0 amide bonds. The average Bonchev–Trinajstić information content (AvgIpc) is 2.63. The molecule has 0 aliphatic rings. The molecule has 0 saturated heterocycles. The van der Waals surface area contributed by atoms with E-state index < -0.39 is 0 Å². The molecule has 0 atom stereocenters. The minimum Gasteiger partial charge on any atom is -1.00 e. The van der Waals surface area contributed by atoms with Crippen LogP contribution in [0.15, 0.2) is 58.0 Å². The Morgan fingerprint density at radius 1 is 1.00 bits per heavy atom. The van der Waals surface area contributed by atoms with Gasteiger partial charge in [0.25, 0.3) is 0 Å². The number of hydrogen-bond acceptors (Lipinski definition) is 2. The van der Waals surface area contributed by atoms with E-state index in [1.54, 1.807) is 6.07 Å². The average molecular weight is 372 g/mol. The van der Waals surface area contributed by atoms with Gasteiger partial charge in [-0.15, -0.1) is 0 Å². The molecule has 3 aromatic rings. The van der Waals surface area contributed by atoms with Gasteiger partial charge in [-0.3, -0.25) is 0 Å². The number of nitrogens with zero attached hydrogens (tertiary/aromatic N) is 1. The minimum absolute atomic E-state index is 0. The predicted octanol–water partition coefficient (Wildman–Crippen LogP) is 1.60. The van der Waals surface area contributed by atoms with Crippen molar-refractivity contribution >= 4 is 11.0 Å². The van der Waals surface area contributed by atoms with Crippen LogP contribution in [-0.4, -0.2) is 0 Å². The number of aryl methyl sites for hydroxylation is 1. The van der Waals surface area contributed by atoms with Crippen LogP contribution in [0.25, 0.3) is 11.0 Å². The zero-order chi connectivity index (χ0) is 17.8. The summed E-state index contributed by atoms with van der Waals surface area (Å²) in [5, 5.41) is 1.01. The van der Waals surface area contributed by atoms with E-state index in [0.717, 1.165) is 30.2 Å². The van der Waals surface area contributed by atoms with Crippen LogP contribution in [0.4, 0.5) is 0 Å². The van der Waals surface area contributed by atoms with E-state index in [1.165, 1.54) is 11.1 Å². The van der Waals surface area contributed by atoms with Gasteiger partial charge in [-0.25, -0.2) is 9.36 Å². The molecule has 0 aliphatic heterocycles. The first kappa shape index (κ1) is 20.2. The molecular formula is C22H26ClNO2. The van der Waals surface area contributed by atoms with Crippen molar-refractivity contribution in [3.63, 3.8) is 0 Å². The van der Waals surface area contributed by atoms with Crippen molar-refractivity contribution in [2.45, 2.75) is 52.5 Å². The van der Waals surface area contributed by atoms with Crippen LogP contribution in [0, 0.1) is 0 Å². The molecule has 138 valence electrons. The maximum Gasteiger partial charge on any atom is 0.336 e. The van der Waals surface area contributed by atoms with Gasteiger partial charge in [0.15, 0.2) is 18.9 Å². The number of benzene rings is 1. The van der Waals surface area contributed by atoms with E-state index in [1.807, 2.05) is 6.07 Å². The van der Waals surface area contributed by atoms with Gasteiger partial charge in [0.05, 0.1) is 0 Å². The largest absolute Gasteiger partial charge is 1.00 e. The Morgan fingerprint density at radius 2 is 1.69 bits per heavy atom. The first-order valence-electron chi connectivity index (χ1n) is 9.19. The van der Waals surface area contributed by atoms with Crippen LogP contribution in [0.1, 0.15) is 56.2 Å². The predicted molar refractivity (Wildman–Crippen MR) is 101 cm³/mol. The normalized spacial score (nSPS) is 10.9. The Labute approximate surface area is 161 Å². The van der Waals surface area contributed by atoms with Gasteiger partial charge in [-0.1, -0.05) is 32.9 Å². The van der Waals surface area contributed by atoms with Gasteiger partial charge >= 0.3 is 5.63 Å². The molecule has 26 heavy (non-hydrogen) atoms. The second-order valence-electron chi connectivity index (χ2n) is 6.59. The third-order valence-corrected chi connectivity index (χ3v) is 5.03. The van der Waals surface area contributed by atoms with E-state index in [9.17, 15) is 4.79 Å². The summed E-state index contributed by atoms with van der Waals surface area (Å²) < 4.78 is 7.52. The third kappa shape index (κ3) is 4.34. The maximum absolute atomic E-state index is 11.9. The Bertz CT molecular complexity index is 912. The highest BCUT2D eigenvalue weighted by atomic mass is 35.5. The lowest BCUT2D eigenvalue weighted by molar-refractivity contribution is -0.688. The van der Waals surface area contributed by atoms with E-state index >= 15 is 0 Å². The van der Waals surface area contributed by atoms with Crippen molar-refractivity contribution in [2.24, 2.45) is 0 Å². The highest BCUT2D eigenvalue weighted by Crippen LogP contribution is 2.22. The number of pyridine rings is 1. The number of rotatable bonds is 6. The van der Waals surface area contributed by atoms with E-state index in [4.69, 9.17) is 4.42 Å². The Balaban J connectivity index is 0.00000243. The van der Waals surface area contributed by atoms with Crippen molar-refractivity contribution in [2.75, 3.05) is 0 Å². The molecule has 0 radical (unpaired) electrons. The van der Waals surface area contributed by atoms with Crippen molar-refractivity contribution in [1.29, 1.82) is 0 Å². The summed E-state index contributed by atoms with van der Waals surface area (Å²) in [5.41, 5.74) is 3.94. The number of fused-ring (bicyclic) bond motifs is 1. The Kier molecular flexibility index (Phi) is 6.98. The highest BCUT2D eigenvalue weighted by Gasteiger charge is 2.13. The smallest absolute Gasteiger partial charge is 0.336 e. The molecule has 0 N–H and O–H groups in total. The van der Waals surface area contributed by atoms with Gasteiger partial charge in [0.1, 0.15) is 5.58 Å². The van der Waals surface area contributed by atoms with Crippen molar-refractivity contribution in [3.8, 4) is 0 Å². The molecule has 0 saturated carbocycles. The summed E-state index contributed by atoms with van der Waals surface area (Å²) in [6, 6.07) is 12.1. The summed E-state index contributed by atoms with van der Waals surface area (Å²) in [6.07, 6.45) is 7.45. The lowest BCUT2D eigenvalue weighted by Crippen LogP contribution is -3.00. The fourth-order valence-electron chi connectivity index (χ4n) is 3.43. The minimum atomic E-state index is -0.287. The fraction of sp³-hybridized carbons (Fsp3) is 0.364. The molecule has 3 rings (SSSR count). The third-order valence-electron chi connectivity index (χ3n) is 5.03. The summed E-state index contributed by atoms with van der Waals surface area (Å²) in [7, 11) is 0. The molecule has 0 unspecified atom stereocenters. The van der Waals surface area contributed by atoms with Crippen LogP contribution >= 0.6 is 0 Å². The lowest BCUT2D eigenvalue weighted by Gasteiger charge is -2.11. The van der Waals surface area contributed by atoms with E-state index in [0.29, 0.717) is 18.0 Å². The molecule has 4 heteroatoms. The standard InChI is InChI=1S/C22H26NO2.ClH/c1-4-16-7-8-20-19(14-22(24)25-21(20)13-16)15-23-11-9-18(10-12-23)17(5-2)6-3;/h7-14,17H,4-6,15H2,1-3H3;1H/q+1;/p-1. The van der Waals surface area contributed by atoms with Gasteiger partial charge in [0.2, 0.25) is 0 Å². The number of hydrogen-bond donors (Lipinski definition) is 0. The molecule has 3 nitrogen and oxygen atoms in total.